The maximum absolute atomic E-state index is 12.9. The van der Waals surface area contributed by atoms with E-state index in [1.165, 1.54) is 5.56 Å². The minimum absolute atomic E-state index is 0.122. The molecule has 4 rings (SSSR count). The Morgan fingerprint density at radius 3 is 2.69 bits per heavy atom. The summed E-state index contributed by atoms with van der Waals surface area (Å²) in [6, 6.07) is 10.6. The van der Waals surface area contributed by atoms with Crippen molar-refractivity contribution in [2.75, 3.05) is 46.4 Å². The van der Waals surface area contributed by atoms with Gasteiger partial charge >= 0.3 is 0 Å². The number of fused-ring (bicyclic) bond motifs is 1. The fraction of sp³-hybridized carbons (Fsp3) is 0.636. The van der Waals surface area contributed by atoms with Crippen LogP contribution in [0.2, 0.25) is 0 Å². The van der Waals surface area contributed by atoms with Crippen LogP contribution in [0.4, 0.5) is 0 Å². The zero-order valence-electron chi connectivity index (χ0n) is 17.3. The van der Waals surface area contributed by atoms with E-state index in [0.717, 1.165) is 25.9 Å². The molecule has 7 heteroatoms. The third kappa shape index (κ3) is 4.63. The van der Waals surface area contributed by atoms with Crippen molar-refractivity contribution in [1.82, 2.24) is 20.0 Å². The smallest absolute Gasteiger partial charge is 0.239 e. The van der Waals surface area contributed by atoms with Gasteiger partial charge in [-0.3, -0.25) is 19.4 Å². The molecule has 158 valence electrons. The molecule has 0 spiro atoms. The zero-order valence-corrected chi connectivity index (χ0v) is 17.3. The molecular weight excluding hydrogens is 368 g/mol. The normalized spacial score (nSPS) is 28.7. The third-order valence-corrected chi connectivity index (χ3v) is 6.63. The molecule has 0 saturated carbocycles. The SMILES string of the molecule is CN1C(CCC(=O)N2CCOCC2)CNC(=O)C2C1CCN2Cc1ccccc1. The summed E-state index contributed by atoms with van der Waals surface area (Å²) in [6.07, 6.45) is 2.28. The fourth-order valence-electron chi connectivity index (χ4n) is 4.91. The summed E-state index contributed by atoms with van der Waals surface area (Å²) in [6.45, 7) is 4.96. The number of hydrogen-bond acceptors (Lipinski definition) is 5. The predicted octanol–water partition coefficient (Wildman–Crippen LogP) is 0.699. The van der Waals surface area contributed by atoms with E-state index in [2.05, 4.69) is 34.3 Å². The van der Waals surface area contributed by atoms with Crippen molar-refractivity contribution in [2.24, 2.45) is 0 Å². The lowest BCUT2D eigenvalue weighted by Gasteiger charge is -2.33. The van der Waals surface area contributed by atoms with Gasteiger partial charge < -0.3 is 15.0 Å². The highest BCUT2D eigenvalue weighted by molar-refractivity contribution is 5.83. The van der Waals surface area contributed by atoms with Gasteiger partial charge in [0.05, 0.1) is 13.2 Å². The van der Waals surface area contributed by atoms with Crippen molar-refractivity contribution < 1.29 is 14.3 Å². The molecule has 3 aliphatic rings. The van der Waals surface area contributed by atoms with Gasteiger partial charge in [0.25, 0.3) is 0 Å². The molecule has 3 fully saturated rings. The lowest BCUT2D eigenvalue weighted by Crippen LogP contribution is -2.49. The first kappa shape index (κ1) is 20.3. The summed E-state index contributed by atoms with van der Waals surface area (Å²) in [5, 5.41) is 3.15. The average molecular weight is 401 g/mol. The lowest BCUT2D eigenvalue weighted by atomic mass is 10.0. The Hall–Kier alpha value is -1.96. The van der Waals surface area contributed by atoms with Crippen LogP contribution < -0.4 is 5.32 Å². The van der Waals surface area contributed by atoms with Crippen LogP contribution in [0.15, 0.2) is 30.3 Å². The number of ether oxygens (including phenoxy) is 1. The summed E-state index contributed by atoms with van der Waals surface area (Å²) in [5.41, 5.74) is 1.24. The van der Waals surface area contributed by atoms with Gasteiger partial charge in [-0.05, 0) is 25.5 Å². The van der Waals surface area contributed by atoms with Crippen molar-refractivity contribution >= 4 is 11.8 Å². The minimum atomic E-state index is -0.125. The standard InChI is InChI=1S/C22H32N4O3/c1-24-18(7-8-20(27)25-11-13-29-14-12-25)15-23-22(28)21-19(24)9-10-26(21)16-17-5-3-2-4-6-17/h2-6,18-19,21H,7-16H2,1H3,(H,23,28). The fourth-order valence-corrected chi connectivity index (χ4v) is 4.91. The van der Waals surface area contributed by atoms with Crippen LogP contribution in [-0.4, -0.2) is 91.1 Å². The van der Waals surface area contributed by atoms with Gasteiger partial charge in [0, 0.05) is 51.2 Å². The molecule has 0 bridgehead atoms. The monoisotopic (exact) mass is 400 g/mol. The molecule has 3 saturated heterocycles. The molecule has 3 unspecified atom stereocenters. The number of morpholine rings is 1. The highest BCUT2D eigenvalue weighted by Crippen LogP contribution is 2.28. The summed E-state index contributed by atoms with van der Waals surface area (Å²) in [5.74, 6) is 0.322. The van der Waals surface area contributed by atoms with Gasteiger partial charge in [0.1, 0.15) is 6.04 Å². The van der Waals surface area contributed by atoms with Crippen molar-refractivity contribution in [3.63, 3.8) is 0 Å². The number of likely N-dealkylation sites (tertiary alicyclic amines) is 1. The highest BCUT2D eigenvalue weighted by atomic mass is 16.5. The third-order valence-electron chi connectivity index (χ3n) is 6.63. The second-order valence-corrected chi connectivity index (χ2v) is 8.35. The van der Waals surface area contributed by atoms with E-state index in [4.69, 9.17) is 4.74 Å². The number of nitrogens with one attached hydrogen (secondary N) is 1. The maximum Gasteiger partial charge on any atom is 0.239 e. The van der Waals surface area contributed by atoms with Crippen molar-refractivity contribution in [3.05, 3.63) is 35.9 Å². The number of amides is 2. The molecule has 0 aliphatic carbocycles. The molecule has 2 amide bonds. The molecule has 1 aromatic rings. The van der Waals surface area contributed by atoms with Crippen LogP contribution in [0, 0.1) is 0 Å². The Labute approximate surface area is 173 Å². The number of carbonyl (C=O) groups is 2. The van der Waals surface area contributed by atoms with Crippen LogP contribution in [0.1, 0.15) is 24.8 Å². The number of carbonyl (C=O) groups excluding carboxylic acids is 2. The van der Waals surface area contributed by atoms with Gasteiger partial charge in [0.15, 0.2) is 0 Å². The molecule has 1 N–H and O–H groups in total. The first-order valence-electron chi connectivity index (χ1n) is 10.8. The van der Waals surface area contributed by atoms with E-state index in [-0.39, 0.29) is 29.9 Å². The van der Waals surface area contributed by atoms with E-state index >= 15 is 0 Å². The van der Waals surface area contributed by atoms with Crippen LogP contribution in [0.5, 0.6) is 0 Å². The number of benzene rings is 1. The molecule has 0 aromatic heterocycles. The van der Waals surface area contributed by atoms with Crippen molar-refractivity contribution in [1.29, 1.82) is 0 Å². The first-order chi connectivity index (χ1) is 14.1. The molecule has 1 aromatic carbocycles. The number of rotatable bonds is 5. The highest BCUT2D eigenvalue weighted by Gasteiger charge is 2.44. The van der Waals surface area contributed by atoms with Gasteiger partial charge in [-0.25, -0.2) is 0 Å². The van der Waals surface area contributed by atoms with E-state index in [0.29, 0.717) is 39.3 Å². The summed E-state index contributed by atoms with van der Waals surface area (Å²) in [7, 11) is 2.12. The molecule has 7 nitrogen and oxygen atoms in total. The van der Waals surface area contributed by atoms with E-state index in [1.54, 1.807) is 0 Å². The number of nitrogens with zero attached hydrogens (tertiary/aromatic N) is 3. The number of likely N-dealkylation sites (N-methyl/N-ethyl adjacent to an activating group) is 1. The zero-order chi connectivity index (χ0) is 20.2. The quantitative estimate of drug-likeness (QED) is 0.788. The Bertz CT molecular complexity index is 707. The second-order valence-electron chi connectivity index (χ2n) is 8.35. The Kier molecular flexibility index (Phi) is 6.47. The van der Waals surface area contributed by atoms with E-state index < -0.39 is 0 Å². The van der Waals surface area contributed by atoms with Crippen LogP contribution >= 0.6 is 0 Å². The topological polar surface area (TPSA) is 65.1 Å². The predicted molar refractivity (Wildman–Crippen MR) is 110 cm³/mol. The maximum atomic E-state index is 12.9. The molecule has 0 radical (unpaired) electrons. The van der Waals surface area contributed by atoms with E-state index in [9.17, 15) is 9.59 Å². The summed E-state index contributed by atoms with van der Waals surface area (Å²) in [4.78, 5) is 32.0. The van der Waals surface area contributed by atoms with Crippen LogP contribution in [0.3, 0.4) is 0 Å². The molecule has 3 heterocycles. The van der Waals surface area contributed by atoms with Gasteiger partial charge in [-0.2, -0.15) is 0 Å². The largest absolute Gasteiger partial charge is 0.378 e. The lowest BCUT2D eigenvalue weighted by molar-refractivity contribution is -0.135. The summed E-state index contributed by atoms with van der Waals surface area (Å²) >= 11 is 0. The van der Waals surface area contributed by atoms with E-state index in [1.807, 2.05) is 23.1 Å². The van der Waals surface area contributed by atoms with Crippen LogP contribution in [-0.2, 0) is 20.9 Å². The van der Waals surface area contributed by atoms with Crippen molar-refractivity contribution in [3.8, 4) is 0 Å². The van der Waals surface area contributed by atoms with Gasteiger partial charge in [0.2, 0.25) is 11.8 Å². The molecule has 3 atom stereocenters. The second kappa shape index (κ2) is 9.24. The Balaban J connectivity index is 1.37. The average Bonchev–Trinajstić information content (AvgIpc) is 3.13. The van der Waals surface area contributed by atoms with Crippen LogP contribution in [0.25, 0.3) is 0 Å². The van der Waals surface area contributed by atoms with Gasteiger partial charge in [-0.15, -0.1) is 0 Å². The van der Waals surface area contributed by atoms with Gasteiger partial charge in [-0.1, -0.05) is 30.3 Å². The van der Waals surface area contributed by atoms with Crippen molar-refractivity contribution in [2.45, 2.75) is 43.9 Å². The minimum Gasteiger partial charge on any atom is -0.378 e. The number of hydrogen-bond donors (Lipinski definition) is 1. The summed E-state index contributed by atoms with van der Waals surface area (Å²) < 4.78 is 5.34. The first-order valence-corrected chi connectivity index (χ1v) is 10.8. The Morgan fingerprint density at radius 1 is 1.17 bits per heavy atom. The molecule has 29 heavy (non-hydrogen) atoms. The Morgan fingerprint density at radius 2 is 1.93 bits per heavy atom. The molecule has 3 aliphatic heterocycles. The molecular formula is C22H32N4O3.